The minimum Gasteiger partial charge on any atom is -0.448 e. The zero-order valence-corrected chi connectivity index (χ0v) is 14.8. The minimum atomic E-state index is -1.26. The van der Waals surface area contributed by atoms with E-state index in [9.17, 15) is 19.6 Å². The summed E-state index contributed by atoms with van der Waals surface area (Å²) in [5, 5.41) is 11.0. The Hall–Kier alpha value is -3.08. The number of carbonyl (C=O) groups is 3. The van der Waals surface area contributed by atoms with E-state index in [2.05, 4.69) is 11.5 Å². The first kappa shape index (κ1) is 20.0. The third-order valence-electron chi connectivity index (χ3n) is 3.60. The van der Waals surface area contributed by atoms with E-state index in [4.69, 9.17) is 10.5 Å². The number of esters is 1. The van der Waals surface area contributed by atoms with Crippen LogP contribution in [0.25, 0.3) is 6.08 Å². The lowest BCUT2D eigenvalue weighted by Gasteiger charge is -2.11. The van der Waals surface area contributed by atoms with Crippen LogP contribution in [0.1, 0.15) is 37.2 Å². The van der Waals surface area contributed by atoms with Crippen molar-refractivity contribution in [1.29, 1.82) is 5.26 Å². The molecule has 8 nitrogen and oxygen atoms in total. The summed E-state index contributed by atoms with van der Waals surface area (Å²) in [7, 11) is 0. The molecule has 0 saturated carbocycles. The van der Waals surface area contributed by atoms with Crippen molar-refractivity contribution in [3.63, 3.8) is 0 Å². The monoisotopic (exact) mass is 346 g/mol. The lowest BCUT2D eigenvalue weighted by Crippen LogP contribution is -2.42. The van der Waals surface area contributed by atoms with E-state index in [-0.39, 0.29) is 5.57 Å². The number of nitriles is 1. The number of nitrogens with one attached hydrogen (secondary N) is 1. The molecule has 1 aromatic rings. The number of rotatable bonds is 6. The summed E-state index contributed by atoms with van der Waals surface area (Å²) < 4.78 is 7.00. The second kappa shape index (κ2) is 8.68. The van der Waals surface area contributed by atoms with Gasteiger partial charge in [-0.25, -0.2) is 9.59 Å². The van der Waals surface area contributed by atoms with Gasteiger partial charge in [-0.1, -0.05) is 6.92 Å². The van der Waals surface area contributed by atoms with Crippen molar-refractivity contribution in [1.82, 2.24) is 9.88 Å². The van der Waals surface area contributed by atoms with E-state index in [1.165, 1.54) is 13.0 Å². The lowest BCUT2D eigenvalue weighted by molar-refractivity contribution is -0.150. The van der Waals surface area contributed by atoms with Gasteiger partial charge in [0.05, 0.1) is 0 Å². The maximum absolute atomic E-state index is 12.1. The van der Waals surface area contributed by atoms with Gasteiger partial charge in [0.1, 0.15) is 11.6 Å². The predicted molar refractivity (Wildman–Crippen MR) is 91.1 cm³/mol. The summed E-state index contributed by atoms with van der Waals surface area (Å²) in [4.78, 5) is 34.3. The van der Waals surface area contributed by atoms with Crippen LogP contribution in [0.5, 0.6) is 0 Å². The molecule has 3 N–H and O–H groups in total. The summed E-state index contributed by atoms with van der Waals surface area (Å²) in [5.74, 6) is -1.81. The highest BCUT2D eigenvalue weighted by Gasteiger charge is 2.22. The van der Waals surface area contributed by atoms with E-state index in [0.29, 0.717) is 0 Å². The number of nitrogens with two attached hydrogens (primary N) is 1. The Morgan fingerprint density at radius 1 is 1.44 bits per heavy atom. The van der Waals surface area contributed by atoms with Gasteiger partial charge in [0.2, 0.25) is 0 Å². The molecule has 1 unspecified atom stereocenters. The Bertz CT molecular complexity index is 755. The SMILES string of the molecule is CCCn1c(C)cc(/C=C(\C#N)C(=O)OC(C)C(=O)NC(N)=O)c1C. The molecule has 3 amide bonds. The van der Waals surface area contributed by atoms with Crippen LogP contribution in [0.2, 0.25) is 0 Å². The maximum Gasteiger partial charge on any atom is 0.349 e. The number of ether oxygens (including phenoxy) is 1. The van der Waals surface area contributed by atoms with Gasteiger partial charge in [-0.05, 0) is 44.9 Å². The van der Waals surface area contributed by atoms with Gasteiger partial charge in [-0.15, -0.1) is 0 Å². The normalized spacial score (nSPS) is 12.2. The van der Waals surface area contributed by atoms with Crippen LogP contribution in [0, 0.1) is 25.2 Å². The van der Waals surface area contributed by atoms with Crippen LogP contribution in [-0.2, 0) is 20.9 Å². The first-order chi connectivity index (χ1) is 11.7. The van der Waals surface area contributed by atoms with Gasteiger partial charge in [-0.3, -0.25) is 10.1 Å². The van der Waals surface area contributed by atoms with Crippen molar-refractivity contribution in [2.24, 2.45) is 5.73 Å². The quantitative estimate of drug-likeness (QED) is 0.459. The summed E-state index contributed by atoms with van der Waals surface area (Å²) >= 11 is 0. The van der Waals surface area contributed by atoms with Crippen LogP contribution in [-0.4, -0.2) is 28.6 Å². The van der Waals surface area contributed by atoms with Crippen LogP contribution in [0.4, 0.5) is 4.79 Å². The average Bonchev–Trinajstić information content (AvgIpc) is 2.79. The Labute approximate surface area is 146 Å². The minimum absolute atomic E-state index is 0.240. The fraction of sp³-hybridized carbons (Fsp3) is 0.412. The molecule has 0 bridgehead atoms. The summed E-state index contributed by atoms with van der Waals surface area (Å²) in [6, 6.07) is 2.60. The number of nitrogens with zero attached hydrogens (tertiary/aromatic N) is 2. The van der Waals surface area contributed by atoms with Crippen LogP contribution in [0.3, 0.4) is 0 Å². The van der Waals surface area contributed by atoms with Crippen LogP contribution in [0.15, 0.2) is 11.6 Å². The number of hydrogen-bond donors (Lipinski definition) is 2. The molecule has 0 aliphatic rings. The summed E-state index contributed by atoms with van der Waals surface area (Å²) in [5.41, 5.74) is 7.27. The highest BCUT2D eigenvalue weighted by molar-refractivity contribution is 6.01. The predicted octanol–water partition coefficient (Wildman–Crippen LogP) is 1.55. The second-order valence-electron chi connectivity index (χ2n) is 5.55. The average molecular weight is 346 g/mol. The van der Waals surface area contributed by atoms with Crippen molar-refractivity contribution in [2.45, 2.75) is 46.8 Å². The molecular formula is C17H22N4O4. The number of aromatic nitrogens is 1. The highest BCUT2D eigenvalue weighted by atomic mass is 16.5. The van der Waals surface area contributed by atoms with Crippen molar-refractivity contribution in [3.05, 3.63) is 28.6 Å². The number of carbonyl (C=O) groups excluding carboxylic acids is 3. The van der Waals surface area contributed by atoms with Crippen molar-refractivity contribution in [2.75, 3.05) is 0 Å². The molecule has 0 radical (unpaired) electrons. The largest absolute Gasteiger partial charge is 0.448 e. The molecule has 0 spiro atoms. The van der Waals surface area contributed by atoms with Crippen molar-refractivity contribution >= 4 is 24.0 Å². The smallest absolute Gasteiger partial charge is 0.349 e. The van der Waals surface area contributed by atoms with Gasteiger partial charge < -0.3 is 15.0 Å². The number of urea groups is 1. The van der Waals surface area contributed by atoms with E-state index < -0.39 is 24.0 Å². The highest BCUT2D eigenvalue weighted by Crippen LogP contribution is 2.19. The third-order valence-corrected chi connectivity index (χ3v) is 3.60. The van der Waals surface area contributed by atoms with Crippen molar-refractivity contribution < 1.29 is 19.1 Å². The molecule has 0 aliphatic heterocycles. The van der Waals surface area contributed by atoms with Gasteiger partial charge in [0.25, 0.3) is 5.91 Å². The maximum atomic E-state index is 12.1. The third kappa shape index (κ3) is 5.21. The topological polar surface area (TPSA) is 127 Å². The molecule has 1 rings (SSSR count). The zero-order chi connectivity index (χ0) is 19.1. The Balaban J connectivity index is 2.99. The Kier molecular flexibility index (Phi) is 6.93. The summed E-state index contributed by atoms with van der Waals surface area (Å²) in [6.07, 6.45) is 1.12. The van der Waals surface area contributed by atoms with E-state index in [1.807, 2.05) is 19.9 Å². The molecule has 134 valence electrons. The number of hydrogen-bond acceptors (Lipinski definition) is 5. The van der Waals surface area contributed by atoms with Crippen LogP contribution < -0.4 is 11.1 Å². The first-order valence-electron chi connectivity index (χ1n) is 7.81. The van der Waals surface area contributed by atoms with Gasteiger partial charge >= 0.3 is 12.0 Å². The summed E-state index contributed by atoms with van der Waals surface area (Å²) in [6.45, 7) is 8.02. The van der Waals surface area contributed by atoms with Gasteiger partial charge in [-0.2, -0.15) is 5.26 Å². The molecule has 1 aromatic heterocycles. The standard InChI is InChI=1S/C17H22N4O4/c1-5-6-21-10(2)7-13(11(21)3)8-14(9-18)16(23)25-12(4)15(22)20-17(19)24/h7-8,12H,5-6H2,1-4H3,(H3,19,20,22,24)/b14-8+. The molecule has 0 aromatic carbocycles. The van der Waals surface area contributed by atoms with E-state index in [0.717, 1.165) is 29.9 Å². The number of primary amides is 1. The zero-order valence-electron chi connectivity index (χ0n) is 14.8. The first-order valence-corrected chi connectivity index (χ1v) is 7.81. The second-order valence-corrected chi connectivity index (χ2v) is 5.55. The Morgan fingerprint density at radius 3 is 2.60 bits per heavy atom. The molecule has 0 saturated heterocycles. The molecule has 25 heavy (non-hydrogen) atoms. The molecule has 0 fully saturated rings. The van der Waals surface area contributed by atoms with Crippen molar-refractivity contribution in [3.8, 4) is 6.07 Å². The Morgan fingerprint density at radius 2 is 2.08 bits per heavy atom. The lowest BCUT2D eigenvalue weighted by atomic mass is 10.1. The van der Waals surface area contributed by atoms with Gasteiger partial charge in [0.15, 0.2) is 6.10 Å². The fourth-order valence-corrected chi connectivity index (χ4v) is 2.33. The number of amides is 3. The fourth-order valence-electron chi connectivity index (χ4n) is 2.33. The van der Waals surface area contributed by atoms with E-state index >= 15 is 0 Å². The number of aryl methyl sites for hydroxylation is 1. The van der Waals surface area contributed by atoms with Gasteiger partial charge in [0, 0.05) is 17.9 Å². The van der Waals surface area contributed by atoms with E-state index in [1.54, 1.807) is 11.4 Å². The molecular weight excluding hydrogens is 324 g/mol. The molecule has 1 atom stereocenters. The molecule has 8 heteroatoms. The van der Waals surface area contributed by atoms with Crippen LogP contribution >= 0.6 is 0 Å². The molecule has 1 heterocycles. The molecule has 0 aliphatic carbocycles. The number of imide groups is 1.